The predicted molar refractivity (Wildman–Crippen MR) is 36.5 cm³/mol. The molecule has 0 bridgehead atoms. The van der Waals surface area contributed by atoms with Crippen molar-refractivity contribution in [1.82, 2.24) is 0 Å². The van der Waals surface area contributed by atoms with E-state index in [0.29, 0.717) is 0 Å². The molecule has 0 spiro atoms. The molecule has 6 nitrogen and oxygen atoms in total. The van der Waals surface area contributed by atoms with E-state index in [-0.39, 0.29) is 12.8 Å². The Labute approximate surface area is 68.4 Å². The summed E-state index contributed by atoms with van der Waals surface area (Å²) >= 11 is 0. The van der Waals surface area contributed by atoms with Crippen molar-refractivity contribution in [2.45, 2.75) is 18.9 Å². The Morgan fingerprint density at radius 2 is 1.92 bits per heavy atom. The van der Waals surface area contributed by atoms with Crippen LogP contribution >= 0.6 is 0 Å². The van der Waals surface area contributed by atoms with Crippen molar-refractivity contribution in [3.05, 3.63) is 0 Å². The summed E-state index contributed by atoms with van der Waals surface area (Å²) in [7, 11) is 0. The lowest BCUT2D eigenvalue weighted by Gasteiger charge is -2.09. The van der Waals surface area contributed by atoms with Gasteiger partial charge in [0, 0.05) is 6.42 Å². The molecule has 0 aromatic rings. The first-order valence-corrected chi connectivity index (χ1v) is 3.25. The fraction of sp³-hybridized carbons (Fsp3) is 0.667. The Hall–Kier alpha value is -1.14. The van der Waals surface area contributed by atoms with E-state index >= 15 is 0 Å². The van der Waals surface area contributed by atoms with Crippen molar-refractivity contribution in [3.8, 4) is 0 Å². The molecule has 0 aliphatic rings. The smallest absolute Gasteiger partial charge is 0.332 e. The average Bonchev–Trinajstić information content (AvgIpc) is 1.96. The largest absolute Gasteiger partial charge is 0.481 e. The molecule has 0 fully saturated rings. The van der Waals surface area contributed by atoms with Crippen molar-refractivity contribution >= 4 is 11.9 Å². The summed E-state index contributed by atoms with van der Waals surface area (Å²) in [5.41, 5.74) is 0. The first-order chi connectivity index (χ1) is 5.57. The molecular weight excluding hydrogens is 168 g/mol. The van der Waals surface area contributed by atoms with E-state index in [1.54, 1.807) is 0 Å². The second kappa shape index (κ2) is 5.50. The van der Waals surface area contributed by atoms with Crippen LogP contribution in [0.1, 0.15) is 12.8 Å². The number of carboxylic acid groups (broad SMARTS) is 2. The van der Waals surface area contributed by atoms with Crippen LogP contribution in [0.25, 0.3) is 0 Å². The van der Waals surface area contributed by atoms with Crippen molar-refractivity contribution < 1.29 is 29.6 Å². The van der Waals surface area contributed by atoms with Crippen molar-refractivity contribution in [2.24, 2.45) is 0 Å². The fourth-order valence-electron chi connectivity index (χ4n) is 0.623. The minimum atomic E-state index is -1.27. The number of rotatable bonds is 6. The van der Waals surface area contributed by atoms with E-state index in [4.69, 9.17) is 15.3 Å². The molecule has 1 atom stereocenters. The zero-order valence-corrected chi connectivity index (χ0v) is 6.27. The highest BCUT2D eigenvalue weighted by Crippen LogP contribution is 2.02. The second-order valence-electron chi connectivity index (χ2n) is 2.06. The lowest BCUT2D eigenvalue weighted by Crippen LogP contribution is -2.25. The van der Waals surface area contributed by atoms with Gasteiger partial charge in [-0.3, -0.25) is 4.79 Å². The molecule has 3 N–H and O–H groups in total. The molecule has 0 saturated carbocycles. The Bertz CT molecular complexity index is 165. The standard InChI is InChI=1S/C6H10O6/c7-3-12-4(6(10)11)1-2-5(8)9/h4,7H,1-3H2,(H,8,9)(H,10,11). The number of ether oxygens (including phenoxy) is 1. The van der Waals surface area contributed by atoms with Gasteiger partial charge in [0.15, 0.2) is 6.10 Å². The van der Waals surface area contributed by atoms with Crippen molar-refractivity contribution in [1.29, 1.82) is 0 Å². The van der Waals surface area contributed by atoms with Gasteiger partial charge in [-0.15, -0.1) is 0 Å². The molecule has 6 heteroatoms. The molecule has 0 aromatic heterocycles. The summed E-state index contributed by atoms with van der Waals surface area (Å²) < 4.78 is 4.35. The zero-order chi connectivity index (χ0) is 9.56. The molecule has 1 unspecified atom stereocenters. The van der Waals surface area contributed by atoms with E-state index < -0.39 is 24.8 Å². The highest BCUT2D eigenvalue weighted by Gasteiger charge is 2.18. The molecule has 70 valence electrons. The predicted octanol–water partition coefficient (Wildman–Crippen LogP) is -0.729. The van der Waals surface area contributed by atoms with Crippen LogP contribution in [0.2, 0.25) is 0 Å². The fourth-order valence-corrected chi connectivity index (χ4v) is 0.623. The van der Waals surface area contributed by atoms with Crippen LogP contribution in [0.5, 0.6) is 0 Å². The summed E-state index contributed by atoms with van der Waals surface area (Å²) in [6, 6.07) is 0. The molecule has 0 saturated heterocycles. The van der Waals surface area contributed by atoms with Crippen molar-refractivity contribution in [3.63, 3.8) is 0 Å². The maximum atomic E-state index is 10.3. The lowest BCUT2D eigenvalue weighted by atomic mass is 10.2. The van der Waals surface area contributed by atoms with E-state index in [0.717, 1.165) is 0 Å². The average molecular weight is 178 g/mol. The van der Waals surface area contributed by atoms with Crippen LogP contribution in [-0.2, 0) is 14.3 Å². The third-order valence-corrected chi connectivity index (χ3v) is 1.17. The van der Waals surface area contributed by atoms with E-state index in [1.807, 2.05) is 0 Å². The van der Waals surface area contributed by atoms with Crippen LogP contribution in [0.15, 0.2) is 0 Å². The van der Waals surface area contributed by atoms with Gasteiger partial charge in [-0.25, -0.2) is 4.79 Å². The van der Waals surface area contributed by atoms with Gasteiger partial charge in [0.05, 0.1) is 0 Å². The summed E-state index contributed by atoms with van der Waals surface area (Å²) in [6.45, 7) is -0.726. The van der Waals surface area contributed by atoms with Crippen LogP contribution in [0.3, 0.4) is 0 Å². The normalized spacial score (nSPS) is 12.4. The lowest BCUT2D eigenvalue weighted by molar-refractivity contribution is -0.158. The highest BCUT2D eigenvalue weighted by molar-refractivity contribution is 5.74. The second-order valence-corrected chi connectivity index (χ2v) is 2.06. The van der Waals surface area contributed by atoms with Crippen LogP contribution in [0, 0.1) is 0 Å². The summed E-state index contributed by atoms with van der Waals surface area (Å²) in [4.78, 5) is 20.3. The Morgan fingerprint density at radius 1 is 1.33 bits per heavy atom. The number of hydrogen-bond acceptors (Lipinski definition) is 4. The van der Waals surface area contributed by atoms with Gasteiger partial charge in [-0.1, -0.05) is 0 Å². The Balaban J connectivity index is 3.79. The van der Waals surface area contributed by atoms with Gasteiger partial charge in [0.2, 0.25) is 0 Å². The molecular formula is C6H10O6. The first-order valence-electron chi connectivity index (χ1n) is 3.25. The quantitative estimate of drug-likeness (QED) is 0.463. The maximum Gasteiger partial charge on any atom is 0.332 e. The molecule has 0 heterocycles. The molecule has 0 rings (SSSR count). The highest BCUT2D eigenvalue weighted by atomic mass is 16.6. The van der Waals surface area contributed by atoms with Gasteiger partial charge in [-0.2, -0.15) is 0 Å². The third-order valence-electron chi connectivity index (χ3n) is 1.17. The summed E-state index contributed by atoms with van der Waals surface area (Å²) in [5, 5.41) is 24.8. The monoisotopic (exact) mass is 178 g/mol. The Kier molecular flexibility index (Phi) is 4.98. The maximum absolute atomic E-state index is 10.3. The SMILES string of the molecule is O=C(O)CCC(OCO)C(=O)O. The van der Waals surface area contributed by atoms with E-state index in [1.165, 1.54) is 0 Å². The molecule has 0 aromatic carbocycles. The molecule has 0 aliphatic carbocycles. The summed E-state index contributed by atoms with van der Waals surface area (Å²) in [6.07, 6.45) is -1.69. The summed E-state index contributed by atoms with van der Waals surface area (Å²) in [5.74, 6) is -2.37. The number of hydrogen-bond donors (Lipinski definition) is 3. The number of aliphatic hydroxyl groups excluding tert-OH is 1. The number of carbonyl (C=O) groups is 2. The van der Waals surface area contributed by atoms with Gasteiger partial charge < -0.3 is 20.1 Å². The van der Waals surface area contributed by atoms with Crippen molar-refractivity contribution in [2.75, 3.05) is 6.79 Å². The van der Waals surface area contributed by atoms with Crippen LogP contribution < -0.4 is 0 Å². The van der Waals surface area contributed by atoms with Crippen LogP contribution in [0.4, 0.5) is 0 Å². The van der Waals surface area contributed by atoms with Gasteiger partial charge >= 0.3 is 11.9 Å². The molecule has 0 radical (unpaired) electrons. The zero-order valence-electron chi connectivity index (χ0n) is 6.27. The van der Waals surface area contributed by atoms with E-state index in [2.05, 4.69) is 4.74 Å². The minimum Gasteiger partial charge on any atom is -0.481 e. The van der Waals surface area contributed by atoms with Gasteiger partial charge in [0.1, 0.15) is 6.79 Å². The van der Waals surface area contributed by atoms with E-state index in [9.17, 15) is 9.59 Å². The number of aliphatic carboxylic acids is 2. The van der Waals surface area contributed by atoms with Crippen LogP contribution in [-0.4, -0.2) is 40.2 Å². The molecule has 0 aliphatic heterocycles. The van der Waals surface area contributed by atoms with Gasteiger partial charge in [0.25, 0.3) is 0 Å². The molecule has 12 heavy (non-hydrogen) atoms. The first kappa shape index (κ1) is 10.9. The number of aliphatic hydroxyl groups is 1. The number of carboxylic acids is 2. The molecule has 0 amide bonds. The Morgan fingerprint density at radius 3 is 2.25 bits per heavy atom. The topological polar surface area (TPSA) is 104 Å². The minimum absolute atomic E-state index is 0.148. The van der Waals surface area contributed by atoms with Gasteiger partial charge in [-0.05, 0) is 6.42 Å². The third kappa shape index (κ3) is 4.64.